The zero-order valence-electron chi connectivity index (χ0n) is 13.1. The van der Waals surface area contributed by atoms with Crippen LogP contribution in [0.3, 0.4) is 0 Å². The van der Waals surface area contributed by atoms with Gasteiger partial charge in [0, 0.05) is 19.1 Å². The lowest BCUT2D eigenvalue weighted by Crippen LogP contribution is -2.46. The van der Waals surface area contributed by atoms with Gasteiger partial charge in [0.1, 0.15) is 0 Å². The van der Waals surface area contributed by atoms with Gasteiger partial charge in [0.05, 0.1) is 0 Å². The normalized spacial score (nSPS) is 24.7. The Morgan fingerprint density at radius 3 is 2.53 bits per heavy atom. The molecular weight excluding hydrogens is 232 g/mol. The van der Waals surface area contributed by atoms with E-state index >= 15 is 0 Å². The zero-order valence-corrected chi connectivity index (χ0v) is 13.1. The van der Waals surface area contributed by atoms with Crippen molar-refractivity contribution in [3.8, 4) is 0 Å². The molecular formula is C17H28N2. The molecule has 1 N–H and O–H groups in total. The number of likely N-dealkylation sites (tertiary alicyclic amines) is 1. The molecule has 0 radical (unpaired) electrons. The summed E-state index contributed by atoms with van der Waals surface area (Å²) in [6.07, 6.45) is 1.27. The number of aryl methyl sites for hydroxylation is 3. The SMILES string of the molecule is Cc1cc(C)c(CNC2CCN(C)CC2C)cc1C. The van der Waals surface area contributed by atoms with E-state index in [4.69, 9.17) is 0 Å². The van der Waals surface area contributed by atoms with Gasteiger partial charge in [-0.05, 0) is 69.0 Å². The Morgan fingerprint density at radius 1 is 1.16 bits per heavy atom. The van der Waals surface area contributed by atoms with Gasteiger partial charge >= 0.3 is 0 Å². The van der Waals surface area contributed by atoms with Gasteiger partial charge in [-0.3, -0.25) is 0 Å². The van der Waals surface area contributed by atoms with Crippen LogP contribution in [0.1, 0.15) is 35.6 Å². The van der Waals surface area contributed by atoms with E-state index in [0.717, 1.165) is 12.5 Å². The Kier molecular flexibility index (Phi) is 4.64. The second-order valence-electron chi connectivity index (χ2n) is 6.38. The first-order valence-corrected chi connectivity index (χ1v) is 7.46. The summed E-state index contributed by atoms with van der Waals surface area (Å²) in [4.78, 5) is 2.43. The lowest BCUT2D eigenvalue weighted by molar-refractivity contribution is 0.174. The van der Waals surface area contributed by atoms with Crippen LogP contribution in [0.2, 0.25) is 0 Å². The molecule has 0 bridgehead atoms. The summed E-state index contributed by atoms with van der Waals surface area (Å²) in [6, 6.07) is 5.32. The van der Waals surface area contributed by atoms with Crippen molar-refractivity contribution in [1.82, 2.24) is 10.2 Å². The second kappa shape index (κ2) is 6.06. The largest absolute Gasteiger partial charge is 0.310 e. The van der Waals surface area contributed by atoms with E-state index in [1.807, 2.05) is 0 Å². The van der Waals surface area contributed by atoms with Crippen LogP contribution in [-0.4, -0.2) is 31.1 Å². The number of nitrogens with one attached hydrogen (secondary N) is 1. The summed E-state index contributed by atoms with van der Waals surface area (Å²) in [7, 11) is 2.22. The van der Waals surface area contributed by atoms with Gasteiger partial charge in [-0.15, -0.1) is 0 Å². The van der Waals surface area contributed by atoms with Crippen LogP contribution in [0.4, 0.5) is 0 Å². The summed E-state index contributed by atoms with van der Waals surface area (Å²) >= 11 is 0. The van der Waals surface area contributed by atoms with Gasteiger partial charge in [0.2, 0.25) is 0 Å². The average molecular weight is 260 g/mol. The molecule has 0 spiro atoms. The van der Waals surface area contributed by atoms with E-state index in [0.29, 0.717) is 6.04 Å². The first kappa shape index (κ1) is 14.5. The molecule has 2 nitrogen and oxygen atoms in total. The minimum absolute atomic E-state index is 0.664. The van der Waals surface area contributed by atoms with E-state index < -0.39 is 0 Å². The standard InChI is InChI=1S/C17H28N2/c1-12-8-14(3)16(9-13(12)2)10-18-17-6-7-19(5)11-15(17)4/h8-9,15,17-18H,6-7,10-11H2,1-5H3. The van der Waals surface area contributed by atoms with Gasteiger partial charge in [0.15, 0.2) is 0 Å². The minimum atomic E-state index is 0.664. The van der Waals surface area contributed by atoms with Gasteiger partial charge < -0.3 is 10.2 Å². The van der Waals surface area contributed by atoms with Crippen LogP contribution in [0.5, 0.6) is 0 Å². The van der Waals surface area contributed by atoms with Gasteiger partial charge in [0.25, 0.3) is 0 Å². The Hall–Kier alpha value is -0.860. The number of hydrogen-bond acceptors (Lipinski definition) is 2. The Labute approximate surface area is 118 Å². The molecule has 2 rings (SSSR count). The Bertz CT molecular complexity index is 439. The molecule has 1 aliphatic heterocycles. The fourth-order valence-corrected chi connectivity index (χ4v) is 3.11. The first-order chi connectivity index (χ1) is 8.97. The van der Waals surface area contributed by atoms with E-state index in [-0.39, 0.29) is 0 Å². The maximum atomic E-state index is 3.77. The van der Waals surface area contributed by atoms with Gasteiger partial charge in [-0.2, -0.15) is 0 Å². The highest BCUT2D eigenvalue weighted by molar-refractivity contribution is 5.36. The quantitative estimate of drug-likeness (QED) is 0.898. The molecule has 0 amide bonds. The Morgan fingerprint density at radius 2 is 1.84 bits per heavy atom. The van der Waals surface area contributed by atoms with Crippen LogP contribution in [-0.2, 0) is 6.54 Å². The van der Waals surface area contributed by atoms with Crippen molar-refractivity contribution >= 4 is 0 Å². The monoisotopic (exact) mass is 260 g/mol. The third-order valence-corrected chi connectivity index (χ3v) is 4.62. The van der Waals surface area contributed by atoms with Crippen LogP contribution in [0.25, 0.3) is 0 Å². The van der Waals surface area contributed by atoms with Crippen molar-refractivity contribution in [3.05, 3.63) is 34.4 Å². The predicted octanol–water partition coefficient (Wildman–Crippen LogP) is 3.04. The highest BCUT2D eigenvalue weighted by atomic mass is 15.1. The van der Waals surface area contributed by atoms with E-state index in [2.05, 4.69) is 57.1 Å². The number of nitrogens with zero attached hydrogens (tertiary/aromatic N) is 1. The summed E-state index contributed by atoms with van der Waals surface area (Å²) in [5, 5.41) is 3.77. The maximum Gasteiger partial charge on any atom is 0.0210 e. The van der Waals surface area contributed by atoms with Crippen molar-refractivity contribution in [3.63, 3.8) is 0 Å². The number of rotatable bonds is 3. The first-order valence-electron chi connectivity index (χ1n) is 7.46. The molecule has 2 atom stereocenters. The summed E-state index contributed by atoms with van der Waals surface area (Å²) in [5.41, 5.74) is 5.66. The molecule has 1 aromatic rings. The third-order valence-electron chi connectivity index (χ3n) is 4.62. The van der Waals surface area contributed by atoms with E-state index in [1.54, 1.807) is 0 Å². The second-order valence-corrected chi connectivity index (χ2v) is 6.38. The molecule has 1 saturated heterocycles. The molecule has 1 aliphatic rings. The topological polar surface area (TPSA) is 15.3 Å². The number of hydrogen-bond donors (Lipinski definition) is 1. The van der Waals surface area contributed by atoms with Crippen molar-refractivity contribution in [2.24, 2.45) is 5.92 Å². The van der Waals surface area contributed by atoms with E-state index in [1.165, 1.54) is 41.8 Å². The molecule has 0 saturated carbocycles. The summed E-state index contributed by atoms with van der Waals surface area (Å²) in [6.45, 7) is 12.4. The summed E-state index contributed by atoms with van der Waals surface area (Å²) < 4.78 is 0. The number of piperidine rings is 1. The van der Waals surface area contributed by atoms with Crippen molar-refractivity contribution < 1.29 is 0 Å². The lowest BCUT2D eigenvalue weighted by atomic mass is 9.93. The highest BCUT2D eigenvalue weighted by Crippen LogP contribution is 2.18. The zero-order chi connectivity index (χ0) is 14.0. The third kappa shape index (κ3) is 3.58. The van der Waals surface area contributed by atoms with Gasteiger partial charge in [-0.25, -0.2) is 0 Å². The molecule has 1 fully saturated rings. The fourth-order valence-electron chi connectivity index (χ4n) is 3.11. The fraction of sp³-hybridized carbons (Fsp3) is 0.647. The highest BCUT2D eigenvalue weighted by Gasteiger charge is 2.23. The molecule has 2 unspecified atom stereocenters. The predicted molar refractivity (Wildman–Crippen MR) is 82.6 cm³/mol. The van der Waals surface area contributed by atoms with Crippen molar-refractivity contribution in [2.75, 3.05) is 20.1 Å². The van der Waals surface area contributed by atoms with Crippen molar-refractivity contribution in [1.29, 1.82) is 0 Å². The molecule has 1 aromatic carbocycles. The van der Waals surface area contributed by atoms with Crippen LogP contribution < -0.4 is 5.32 Å². The maximum absolute atomic E-state index is 3.77. The lowest BCUT2D eigenvalue weighted by Gasteiger charge is -2.35. The molecule has 0 aromatic heterocycles. The molecule has 0 aliphatic carbocycles. The van der Waals surface area contributed by atoms with Gasteiger partial charge in [-0.1, -0.05) is 19.1 Å². The molecule has 106 valence electrons. The molecule has 2 heteroatoms. The minimum Gasteiger partial charge on any atom is -0.310 e. The molecule has 1 heterocycles. The van der Waals surface area contributed by atoms with Crippen LogP contribution >= 0.6 is 0 Å². The summed E-state index contributed by atoms with van der Waals surface area (Å²) in [5.74, 6) is 0.741. The van der Waals surface area contributed by atoms with Crippen molar-refractivity contribution in [2.45, 2.75) is 46.7 Å². The average Bonchev–Trinajstić information content (AvgIpc) is 2.34. The Balaban J connectivity index is 1.97. The molecule has 19 heavy (non-hydrogen) atoms. The number of benzene rings is 1. The van der Waals surface area contributed by atoms with Crippen LogP contribution in [0, 0.1) is 26.7 Å². The van der Waals surface area contributed by atoms with E-state index in [9.17, 15) is 0 Å². The van der Waals surface area contributed by atoms with Crippen LogP contribution in [0.15, 0.2) is 12.1 Å². The smallest absolute Gasteiger partial charge is 0.0210 e.